The van der Waals surface area contributed by atoms with Crippen molar-refractivity contribution in [2.24, 2.45) is 17.8 Å². The molecule has 2 nitrogen and oxygen atoms in total. The first-order chi connectivity index (χ1) is 9.24. The van der Waals surface area contributed by atoms with Gasteiger partial charge in [-0.3, -0.25) is 0 Å². The van der Waals surface area contributed by atoms with Gasteiger partial charge in [-0.1, -0.05) is 12.8 Å². The second kappa shape index (κ2) is 4.07. The van der Waals surface area contributed by atoms with Crippen LogP contribution < -0.4 is 0 Å². The van der Waals surface area contributed by atoms with Crippen molar-refractivity contribution >= 4 is 11.0 Å². The highest BCUT2D eigenvalue weighted by Gasteiger charge is 2.54. The zero-order valence-electron chi connectivity index (χ0n) is 10.7. The molecule has 3 heteroatoms. The minimum absolute atomic E-state index is 0.269. The van der Waals surface area contributed by atoms with Crippen LogP contribution in [0, 0.1) is 23.6 Å². The summed E-state index contributed by atoms with van der Waals surface area (Å²) in [6.07, 6.45) is 4.53. The Morgan fingerprint density at radius 2 is 1.89 bits per heavy atom. The summed E-state index contributed by atoms with van der Waals surface area (Å²) >= 11 is 0. The fourth-order valence-corrected chi connectivity index (χ4v) is 3.89. The Hall–Kier alpha value is -1.35. The molecule has 1 heterocycles. The molecule has 0 aliphatic heterocycles. The van der Waals surface area contributed by atoms with Gasteiger partial charge in [0.25, 0.3) is 0 Å². The molecule has 3 unspecified atom stereocenters. The predicted octanol–water partition coefficient (Wildman–Crippen LogP) is 4.04. The number of aliphatic hydroxyl groups is 1. The maximum atomic E-state index is 13.2. The third-order valence-electron chi connectivity index (χ3n) is 4.88. The van der Waals surface area contributed by atoms with Crippen molar-refractivity contribution in [2.45, 2.75) is 31.8 Å². The Morgan fingerprint density at radius 3 is 2.63 bits per heavy atom. The molecule has 1 aromatic carbocycles. The van der Waals surface area contributed by atoms with E-state index in [4.69, 9.17) is 4.42 Å². The summed E-state index contributed by atoms with van der Waals surface area (Å²) in [6.45, 7) is 0. The first-order valence-corrected chi connectivity index (χ1v) is 7.11. The molecule has 2 aliphatic rings. The molecule has 3 atom stereocenters. The molecule has 0 spiro atoms. The number of rotatable bonds is 2. The number of aliphatic hydroxyl groups excluding tert-OH is 1. The van der Waals surface area contributed by atoms with E-state index in [0.29, 0.717) is 29.1 Å². The molecule has 19 heavy (non-hydrogen) atoms. The van der Waals surface area contributed by atoms with Gasteiger partial charge in [0.1, 0.15) is 23.3 Å². The third-order valence-corrected chi connectivity index (χ3v) is 4.88. The van der Waals surface area contributed by atoms with Gasteiger partial charge in [0, 0.05) is 5.39 Å². The number of hydrogen-bond donors (Lipinski definition) is 1. The second-order valence-corrected chi connectivity index (χ2v) is 5.97. The van der Waals surface area contributed by atoms with E-state index in [2.05, 4.69) is 0 Å². The number of halogens is 1. The molecule has 2 fully saturated rings. The van der Waals surface area contributed by atoms with Crippen molar-refractivity contribution in [1.82, 2.24) is 0 Å². The van der Waals surface area contributed by atoms with E-state index in [1.807, 2.05) is 0 Å². The van der Waals surface area contributed by atoms with E-state index in [0.717, 1.165) is 5.39 Å². The van der Waals surface area contributed by atoms with E-state index >= 15 is 0 Å². The van der Waals surface area contributed by atoms with E-state index in [-0.39, 0.29) is 5.82 Å². The first kappa shape index (κ1) is 11.5. The van der Waals surface area contributed by atoms with Gasteiger partial charge < -0.3 is 9.52 Å². The van der Waals surface area contributed by atoms with Crippen molar-refractivity contribution in [3.05, 3.63) is 35.8 Å². The Balaban J connectivity index is 1.63. The summed E-state index contributed by atoms with van der Waals surface area (Å²) in [5, 5.41) is 11.2. The van der Waals surface area contributed by atoms with Crippen LogP contribution >= 0.6 is 0 Å². The molecule has 2 aromatic rings. The lowest BCUT2D eigenvalue weighted by molar-refractivity contribution is 0.119. The summed E-state index contributed by atoms with van der Waals surface area (Å²) in [7, 11) is 0. The normalized spacial score (nSPS) is 31.2. The zero-order chi connectivity index (χ0) is 13.0. The Bertz CT molecular complexity index is 606. The molecule has 1 aromatic heterocycles. The standard InChI is InChI=1S/C16H17FO2/c17-10-5-6-13-9(7-10)8-14(19-13)16(18)15-11-3-1-2-4-12(11)15/h5-8,11-12,15-16,18H,1-4H2. The summed E-state index contributed by atoms with van der Waals surface area (Å²) in [5.41, 5.74) is 0.652. The van der Waals surface area contributed by atoms with Crippen molar-refractivity contribution < 1.29 is 13.9 Å². The lowest BCUT2D eigenvalue weighted by Gasteiger charge is -2.06. The summed E-state index contributed by atoms with van der Waals surface area (Å²) in [6, 6.07) is 6.25. The van der Waals surface area contributed by atoms with Crippen LogP contribution in [-0.2, 0) is 0 Å². The van der Waals surface area contributed by atoms with Crippen LogP contribution in [0.3, 0.4) is 0 Å². The van der Waals surface area contributed by atoms with E-state index < -0.39 is 6.10 Å². The van der Waals surface area contributed by atoms with Crippen LogP contribution in [0.15, 0.2) is 28.7 Å². The molecule has 4 rings (SSSR count). The summed E-state index contributed by atoms with van der Waals surface area (Å²) in [5.74, 6) is 2.03. The van der Waals surface area contributed by atoms with Crippen molar-refractivity contribution in [3.8, 4) is 0 Å². The highest BCUT2D eigenvalue weighted by atomic mass is 19.1. The molecule has 2 aliphatic carbocycles. The molecule has 0 amide bonds. The molecule has 0 bridgehead atoms. The maximum absolute atomic E-state index is 13.2. The Morgan fingerprint density at radius 1 is 1.16 bits per heavy atom. The van der Waals surface area contributed by atoms with Gasteiger partial charge >= 0.3 is 0 Å². The number of hydrogen-bond acceptors (Lipinski definition) is 2. The van der Waals surface area contributed by atoms with Crippen LogP contribution in [0.5, 0.6) is 0 Å². The quantitative estimate of drug-likeness (QED) is 0.884. The van der Waals surface area contributed by atoms with Crippen LogP contribution in [0.4, 0.5) is 4.39 Å². The smallest absolute Gasteiger partial charge is 0.134 e. The van der Waals surface area contributed by atoms with Crippen molar-refractivity contribution in [3.63, 3.8) is 0 Å². The average molecular weight is 260 g/mol. The monoisotopic (exact) mass is 260 g/mol. The van der Waals surface area contributed by atoms with E-state index in [1.165, 1.54) is 37.8 Å². The van der Waals surface area contributed by atoms with Gasteiger partial charge in [-0.15, -0.1) is 0 Å². The number of furan rings is 1. The van der Waals surface area contributed by atoms with Gasteiger partial charge in [0.15, 0.2) is 0 Å². The minimum Gasteiger partial charge on any atom is -0.458 e. The predicted molar refractivity (Wildman–Crippen MR) is 70.1 cm³/mol. The zero-order valence-corrected chi connectivity index (χ0v) is 10.7. The molecular formula is C16H17FO2. The average Bonchev–Trinajstić information content (AvgIpc) is 2.99. The molecule has 1 N–H and O–H groups in total. The van der Waals surface area contributed by atoms with Crippen molar-refractivity contribution in [2.75, 3.05) is 0 Å². The van der Waals surface area contributed by atoms with Gasteiger partial charge in [0.05, 0.1) is 0 Å². The highest BCUT2D eigenvalue weighted by molar-refractivity contribution is 5.78. The maximum Gasteiger partial charge on any atom is 0.134 e. The fourth-order valence-electron chi connectivity index (χ4n) is 3.89. The van der Waals surface area contributed by atoms with Gasteiger partial charge in [-0.05, 0) is 54.9 Å². The molecule has 2 saturated carbocycles. The molecule has 0 saturated heterocycles. The van der Waals surface area contributed by atoms with E-state index in [9.17, 15) is 9.50 Å². The molecule has 0 radical (unpaired) electrons. The van der Waals surface area contributed by atoms with Gasteiger partial charge in [-0.25, -0.2) is 4.39 Å². The summed E-state index contributed by atoms with van der Waals surface area (Å²) < 4.78 is 18.8. The minimum atomic E-state index is -0.524. The Kier molecular flexibility index (Phi) is 2.46. The van der Waals surface area contributed by atoms with Crippen LogP contribution in [0.25, 0.3) is 11.0 Å². The molecule has 100 valence electrons. The summed E-state index contributed by atoms with van der Waals surface area (Å²) in [4.78, 5) is 0. The number of benzene rings is 1. The third kappa shape index (κ3) is 1.79. The van der Waals surface area contributed by atoms with Crippen LogP contribution in [0.1, 0.15) is 37.5 Å². The van der Waals surface area contributed by atoms with Gasteiger partial charge in [-0.2, -0.15) is 0 Å². The first-order valence-electron chi connectivity index (χ1n) is 7.11. The second-order valence-electron chi connectivity index (χ2n) is 5.97. The fraction of sp³-hybridized carbons (Fsp3) is 0.500. The van der Waals surface area contributed by atoms with Crippen LogP contribution in [0.2, 0.25) is 0 Å². The topological polar surface area (TPSA) is 33.4 Å². The van der Waals surface area contributed by atoms with Crippen LogP contribution in [-0.4, -0.2) is 5.11 Å². The largest absolute Gasteiger partial charge is 0.458 e. The van der Waals surface area contributed by atoms with Gasteiger partial charge in [0.2, 0.25) is 0 Å². The Labute approximate surface area is 111 Å². The lowest BCUT2D eigenvalue weighted by atomic mass is 10.0. The lowest BCUT2D eigenvalue weighted by Crippen LogP contribution is -2.00. The van der Waals surface area contributed by atoms with Crippen molar-refractivity contribution in [1.29, 1.82) is 0 Å². The SMILES string of the molecule is OC(c1cc2cc(F)ccc2o1)C1C2CCCCC21. The van der Waals surface area contributed by atoms with E-state index in [1.54, 1.807) is 12.1 Å². The number of fused-ring (bicyclic) bond motifs is 2. The molecular weight excluding hydrogens is 243 g/mol. The highest BCUT2D eigenvalue weighted by Crippen LogP contribution is 2.60.